The summed E-state index contributed by atoms with van der Waals surface area (Å²) in [5.41, 5.74) is -0.438. The first-order valence-electron chi connectivity index (χ1n) is 4.25. The molecule has 0 unspecified atom stereocenters. The van der Waals surface area contributed by atoms with Gasteiger partial charge in [-0.25, -0.2) is 0 Å². The number of hydrogen-bond donors (Lipinski definition) is 2. The summed E-state index contributed by atoms with van der Waals surface area (Å²) >= 11 is 0. The van der Waals surface area contributed by atoms with Gasteiger partial charge in [0.25, 0.3) is 0 Å². The van der Waals surface area contributed by atoms with Gasteiger partial charge in [0.2, 0.25) is 0 Å². The van der Waals surface area contributed by atoms with Crippen LogP contribution in [0, 0.1) is 5.41 Å². The number of methoxy groups -OCH3 is 1. The third kappa shape index (κ3) is 3.52. The fourth-order valence-electron chi connectivity index (χ4n) is 0.835. The Kier molecular flexibility index (Phi) is 4.75. The molecule has 0 aromatic rings. The van der Waals surface area contributed by atoms with Crippen LogP contribution in [0.2, 0.25) is 0 Å². The van der Waals surface area contributed by atoms with Gasteiger partial charge in [0.1, 0.15) is 0 Å². The molecule has 0 aromatic carbocycles. The highest BCUT2D eigenvalue weighted by Gasteiger charge is 2.28. The van der Waals surface area contributed by atoms with E-state index in [0.717, 1.165) is 0 Å². The van der Waals surface area contributed by atoms with Crippen molar-refractivity contribution in [2.45, 2.75) is 39.4 Å². The third-order valence-electron chi connectivity index (χ3n) is 2.27. The standard InChI is InChI=1S/C9H20O3/c1-7(12-4)5-8(11)9(2,3)6-10/h7-8,10-11H,5-6H2,1-4H3/t7-,8+/m0/s1. The van der Waals surface area contributed by atoms with Crippen LogP contribution in [0.3, 0.4) is 0 Å². The van der Waals surface area contributed by atoms with E-state index >= 15 is 0 Å². The van der Waals surface area contributed by atoms with E-state index in [1.165, 1.54) is 0 Å². The summed E-state index contributed by atoms with van der Waals surface area (Å²) in [6.45, 7) is 5.56. The molecule has 0 fully saturated rings. The van der Waals surface area contributed by atoms with Crippen molar-refractivity contribution < 1.29 is 14.9 Å². The molecule has 0 aliphatic carbocycles. The van der Waals surface area contributed by atoms with E-state index in [-0.39, 0.29) is 12.7 Å². The lowest BCUT2D eigenvalue weighted by atomic mass is 9.85. The molecule has 3 nitrogen and oxygen atoms in total. The lowest BCUT2D eigenvalue weighted by Crippen LogP contribution is -2.35. The van der Waals surface area contributed by atoms with E-state index in [1.54, 1.807) is 7.11 Å². The van der Waals surface area contributed by atoms with Gasteiger partial charge in [-0.05, 0) is 13.3 Å². The molecule has 2 atom stereocenters. The first kappa shape index (κ1) is 11.9. The van der Waals surface area contributed by atoms with Crippen LogP contribution in [0.5, 0.6) is 0 Å². The Hall–Kier alpha value is -0.120. The molecule has 0 amide bonds. The molecule has 0 saturated carbocycles. The molecule has 12 heavy (non-hydrogen) atoms. The second-order valence-electron chi connectivity index (χ2n) is 3.94. The van der Waals surface area contributed by atoms with Gasteiger partial charge in [-0.15, -0.1) is 0 Å². The molecule has 0 heterocycles. The van der Waals surface area contributed by atoms with Crippen molar-refractivity contribution in [2.75, 3.05) is 13.7 Å². The maximum atomic E-state index is 9.64. The molecule has 0 radical (unpaired) electrons. The lowest BCUT2D eigenvalue weighted by molar-refractivity contribution is -0.0280. The van der Waals surface area contributed by atoms with Gasteiger partial charge in [-0.3, -0.25) is 0 Å². The van der Waals surface area contributed by atoms with E-state index in [0.29, 0.717) is 6.42 Å². The van der Waals surface area contributed by atoms with Crippen LogP contribution in [-0.4, -0.2) is 36.1 Å². The van der Waals surface area contributed by atoms with Crippen molar-refractivity contribution in [3.05, 3.63) is 0 Å². The number of aliphatic hydroxyl groups excluding tert-OH is 2. The average molecular weight is 176 g/mol. The van der Waals surface area contributed by atoms with Crippen LogP contribution in [-0.2, 0) is 4.74 Å². The summed E-state index contributed by atoms with van der Waals surface area (Å²) in [7, 11) is 1.61. The van der Waals surface area contributed by atoms with Crippen molar-refractivity contribution in [1.82, 2.24) is 0 Å². The first-order chi connectivity index (χ1) is 5.44. The van der Waals surface area contributed by atoms with Gasteiger partial charge in [-0.1, -0.05) is 13.8 Å². The van der Waals surface area contributed by atoms with E-state index in [4.69, 9.17) is 9.84 Å². The van der Waals surface area contributed by atoms with Crippen LogP contribution in [0.15, 0.2) is 0 Å². The molecule has 0 bridgehead atoms. The molecule has 0 aliphatic heterocycles. The molecular formula is C9H20O3. The average Bonchev–Trinajstić information content (AvgIpc) is 2.04. The largest absolute Gasteiger partial charge is 0.396 e. The Morgan fingerprint density at radius 2 is 1.92 bits per heavy atom. The quantitative estimate of drug-likeness (QED) is 0.651. The fourth-order valence-corrected chi connectivity index (χ4v) is 0.835. The predicted molar refractivity (Wildman–Crippen MR) is 48.0 cm³/mol. The maximum Gasteiger partial charge on any atom is 0.0637 e. The zero-order valence-corrected chi connectivity index (χ0v) is 8.37. The van der Waals surface area contributed by atoms with Gasteiger partial charge in [0.15, 0.2) is 0 Å². The second kappa shape index (κ2) is 4.80. The Bertz CT molecular complexity index is 123. The minimum Gasteiger partial charge on any atom is -0.396 e. The van der Waals surface area contributed by atoms with Gasteiger partial charge in [0.05, 0.1) is 18.8 Å². The van der Waals surface area contributed by atoms with Crippen molar-refractivity contribution >= 4 is 0 Å². The molecular weight excluding hydrogens is 156 g/mol. The summed E-state index contributed by atoms with van der Waals surface area (Å²) < 4.78 is 5.02. The Morgan fingerprint density at radius 3 is 2.25 bits per heavy atom. The summed E-state index contributed by atoms with van der Waals surface area (Å²) in [4.78, 5) is 0. The van der Waals surface area contributed by atoms with E-state index in [2.05, 4.69) is 0 Å². The van der Waals surface area contributed by atoms with Crippen LogP contribution < -0.4 is 0 Å². The molecule has 0 spiro atoms. The van der Waals surface area contributed by atoms with Crippen molar-refractivity contribution in [2.24, 2.45) is 5.41 Å². The van der Waals surface area contributed by atoms with Gasteiger partial charge in [-0.2, -0.15) is 0 Å². The van der Waals surface area contributed by atoms with Crippen molar-refractivity contribution in [3.8, 4) is 0 Å². The molecule has 0 rings (SSSR count). The Morgan fingerprint density at radius 1 is 1.42 bits per heavy atom. The van der Waals surface area contributed by atoms with E-state index < -0.39 is 11.5 Å². The number of hydrogen-bond acceptors (Lipinski definition) is 3. The molecule has 0 aromatic heterocycles. The van der Waals surface area contributed by atoms with E-state index in [9.17, 15) is 5.11 Å². The minimum atomic E-state index is -0.516. The van der Waals surface area contributed by atoms with Crippen LogP contribution in [0.1, 0.15) is 27.2 Å². The zero-order valence-electron chi connectivity index (χ0n) is 8.37. The molecule has 3 heteroatoms. The molecule has 0 saturated heterocycles. The minimum absolute atomic E-state index is 0.00932. The number of rotatable bonds is 5. The second-order valence-corrected chi connectivity index (χ2v) is 3.94. The van der Waals surface area contributed by atoms with Crippen LogP contribution in [0.25, 0.3) is 0 Å². The van der Waals surface area contributed by atoms with Gasteiger partial charge >= 0.3 is 0 Å². The molecule has 2 N–H and O–H groups in total. The Balaban J connectivity index is 3.93. The normalized spacial score (nSPS) is 17.5. The summed E-state index contributed by atoms with van der Waals surface area (Å²) in [6, 6.07) is 0. The highest BCUT2D eigenvalue weighted by atomic mass is 16.5. The smallest absolute Gasteiger partial charge is 0.0637 e. The first-order valence-corrected chi connectivity index (χ1v) is 4.25. The van der Waals surface area contributed by atoms with Crippen LogP contribution >= 0.6 is 0 Å². The van der Waals surface area contributed by atoms with Crippen molar-refractivity contribution in [1.29, 1.82) is 0 Å². The van der Waals surface area contributed by atoms with E-state index in [1.807, 2.05) is 20.8 Å². The SMILES string of the molecule is CO[C@@H](C)C[C@@H](O)C(C)(C)CO. The van der Waals surface area contributed by atoms with Gasteiger partial charge < -0.3 is 14.9 Å². The Labute approximate surface area is 74.4 Å². The topological polar surface area (TPSA) is 49.7 Å². The monoisotopic (exact) mass is 176 g/mol. The summed E-state index contributed by atoms with van der Waals surface area (Å²) in [6.07, 6.45) is 0.0765. The lowest BCUT2D eigenvalue weighted by Gasteiger charge is -2.29. The van der Waals surface area contributed by atoms with Crippen molar-refractivity contribution in [3.63, 3.8) is 0 Å². The fraction of sp³-hybridized carbons (Fsp3) is 1.00. The number of aliphatic hydroxyl groups is 2. The molecule has 74 valence electrons. The number of ether oxygens (including phenoxy) is 1. The zero-order chi connectivity index (χ0) is 9.78. The van der Waals surface area contributed by atoms with Crippen LogP contribution in [0.4, 0.5) is 0 Å². The summed E-state index contributed by atoms with van der Waals surface area (Å²) in [5.74, 6) is 0. The molecule has 0 aliphatic rings. The predicted octanol–water partition coefficient (Wildman–Crippen LogP) is 0.791. The maximum absolute atomic E-state index is 9.64. The van der Waals surface area contributed by atoms with Gasteiger partial charge in [0, 0.05) is 12.5 Å². The third-order valence-corrected chi connectivity index (χ3v) is 2.27. The highest BCUT2D eigenvalue weighted by molar-refractivity contribution is 4.78. The summed E-state index contributed by atoms with van der Waals surface area (Å²) in [5, 5.41) is 18.6. The highest BCUT2D eigenvalue weighted by Crippen LogP contribution is 2.23.